The van der Waals surface area contributed by atoms with E-state index in [1.54, 1.807) is 0 Å². The summed E-state index contributed by atoms with van der Waals surface area (Å²) in [6.45, 7) is 2.57. The molecule has 116 valence electrons. The van der Waals surface area contributed by atoms with Gasteiger partial charge in [0.2, 0.25) is 5.91 Å². The zero-order valence-electron chi connectivity index (χ0n) is 12.1. The van der Waals surface area contributed by atoms with E-state index in [2.05, 4.69) is 5.16 Å². The first-order valence-corrected chi connectivity index (χ1v) is 9.20. The van der Waals surface area contributed by atoms with E-state index in [0.717, 1.165) is 24.3 Å². The second-order valence-corrected chi connectivity index (χ2v) is 8.32. The van der Waals surface area contributed by atoms with Crippen LogP contribution >= 0.6 is 0 Å². The van der Waals surface area contributed by atoms with E-state index in [4.69, 9.17) is 4.52 Å². The lowest BCUT2D eigenvalue weighted by atomic mass is 10.0. The maximum Gasteiger partial charge on any atom is 0.223 e. The van der Waals surface area contributed by atoms with Crippen LogP contribution in [0.2, 0.25) is 0 Å². The summed E-state index contributed by atoms with van der Waals surface area (Å²) in [6.07, 6.45) is 2.75. The molecule has 6 nitrogen and oxygen atoms in total. The van der Waals surface area contributed by atoms with E-state index in [1.807, 2.05) is 17.9 Å². The Morgan fingerprint density at radius 1 is 1.48 bits per heavy atom. The zero-order valence-corrected chi connectivity index (χ0v) is 12.9. The van der Waals surface area contributed by atoms with Crippen molar-refractivity contribution in [2.75, 3.05) is 18.1 Å². The number of sulfone groups is 1. The largest absolute Gasteiger partial charge is 0.359 e. The summed E-state index contributed by atoms with van der Waals surface area (Å²) >= 11 is 0. The van der Waals surface area contributed by atoms with Crippen molar-refractivity contribution in [2.24, 2.45) is 5.92 Å². The van der Waals surface area contributed by atoms with Crippen LogP contribution in [0.3, 0.4) is 0 Å². The van der Waals surface area contributed by atoms with Crippen LogP contribution in [0, 0.1) is 12.8 Å². The molecule has 1 aromatic heterocycles. The van der Waals surface area contributed by atoms with Crippen LogP contribution in [0.4, 0.5) is 0 Å². The van der Waals surface area contributed by atoms with E-state index in [-0.39, 0.29) is 29.4 Å². The number of aromatic nitrogens is 1. The lowest BCUT2D eigenvalue weighted by Gasteiger charge is -2.23. The third-order valence-electron chi connectivity index (χ3n) is 4.34. The van der Waals surface area contributed by atoms with Gasteiger partial charge in [-0.3, -0.25) is 4.79 Å². The number of amides is 1. The highest BCUT2D eigenvalue weighted by molar-refractivity contribution is 7.91. The molecule has 0 aromatic carbocycles. The minimum atomic E-state index is -2.93. The van der Waals surface area contributed by atoms with Gasteiger partial charge in [0.1, 0.15) is 0 Å². The van der Waals surface area contributed by atoms with E-state index in [9.17, 15) is 13.2 Å². The average molecular weight is 312 g/mol. The molecule has 0 unspecified atom stereocenters. The van der Waals surface area contributed by atoms with Crippen LogP contribution in [0.1, 0.15) is 43.2 Å². The molecule has 2 aliphatic rings. The van der Waals surface area contributed by atoms with Crippen molar-refractivity contribution in [3.05, 3.63) is 17.5 Å². The van der Waals surface area contributed by atoms with Gasteiger partial charge in [0, 0.05) is 19.0 Å². The fourth-order valence-corrected chi connectivity index (χ4v) is 5.16. The lowest BCUT2D eigenvalue weighted by molar-refractivity contribution is -0.133. The third kappa shape index (κ3) is 3.12. The minimum absolute atomic E-state index is 0.0276. The predicted molar refractivity (Wildman–Crippen MR) is 76.3 cm³/mol. The Morgan fingerprint density at radius 3 is 2.90 bits per heavy atom. The molecule has 1 aromatic rings. The molecular weight excluding hydrogens is 292 g/mol. The van der Waals surface area contributed by atoms with Gasteiger partial charge in [-0.15, -0.1) is 0 Å². The van der Waals surface area contributed by atoms with E-state index >= 15 is 0 Å². The monoisotopic (exact) mass is 312 g/mol. The summed E-state index contributed by atoms with van der Waals surface area (Å²) < 4.78 is 28.3. The third-order valence-corrected chi connectivity index (χ3v) is 6.17. The van der Waals surface area contributed by atoms with Crippen LogP contribution in [0.25, 0.3) is 0 Å². The van der Waals surface area contributed by atoms with Gasteiger partial charge in [-0.2, -0.15) is 0 Å². The Kier molecular flexibility index (Phi) is 3.77. The highest BCUT2D eigenvalue weighted by Gasteiger charge is 2.36. The number of carbonyl (C=O) groups excluding carboxylic acids is 1. The highest BCUT2D eigenvalue weighted by atomic mass is 32.2. The molecular formula is C14H20N2O4S. The van der Waals surface area contributed by atoms with E-state index < -0.39 is 9.84 Å². The topological polar surface area (TPSA) is 80.5 Å². The second kappa shape index (κ2) is 5.44. The molecule has 2 aliphatic heterocycles. The quantitative estimate of drug-likeness (QED) is 0.844. The summed E-state index contributed by atoms with van der Waals surface area (Å²) in [5.41, 5.74) is 0.811. The summed E-state index contributed by atoms with van der Waals surface area (Å²) in [5, 5.41) is 3.89. The first-order chi connectivity index (χ1) is 9.94. The maximum atomic E-state index is 12.5. The Labute approximate surface area is 124 Å². The molecule has 7 heteroatoms. The van der Waals surface area contributed by atoms with Crippen LogP contribution < -0.4 is 0 Å². The molecule has 1 amide bonds. The van der Waals surface area contributed by atoms with Crippen LogP contribution in [0.15, 0.2) is 10.6 Å². The number of rotatable bonds is 3. The number of carbonyl (C=O) groups is 1. The predicted octanol–water partition coefficient (Wildman–Crippen LogP) is 1.47. The number of hydrogen-bond donors (Lipinski definition) is 0. The van der Waals surface area contributed by atoms with Gasteiger partial charge in [0.05, 0.1) is 23.2 Å². The van der Waals surface area contributed by atoms with Gasteiger partial charge >= 0.3 is 0 Å². The first-order valence-electron chi connectivity index (χ1n) is 7.38. The normalized spacial score (nSPS) is 28.1. The van der Waals surface area contributed by atoms with Crippen molar-refractivity contribution in [1.82, 2.24) is 10.1 Å². The standard InChI is InChI=1S/C14H20N2O4S/c1-10-7-13(20-15-10)12-3-2-5-16(12)14(17)8-11-4-6-21(18,19)9-11/h7,11-12H,2-6,8-9H2,1H3/t11-,12+/m1/s1. The number of likely N-dealkylation sites (tertiary alicyclic amines) is 1. The minimum Gasteiger partial charge on any atom is -0.359 e. The van der Waals surface area contributed by atoms with Crippen LogP contribution in [-0.2, 0) is 14.6 Å². The lowest BCUT2D eigenvalue weighted by Crippen LogP contribution is -2.32. The van der Waals surface area contributed by atoms with Gasteiger partial charge in [-0.05, 0) is 32.1 Å². The molecule has 3 heterocycles. The van der Waals surface area contributed by atoms with Crippen molar-refractivity contribution in [3.63, 3.8) is 0 Å². The molecule has 0 N–H and O–H groups in total. The molecule has 2 saturated heterocycles. The van der Waals surface area contributed by atoms with E-state index in [0.29, 0.717) is 19.4 Å². The van der Waals surface area contributed by atoms with Crippen molar-refractivity contribution < 1.29 is 17.7 Å². The van der Waals surface area contributed by atoms with Crippen molar-refractivity contribution >= 4 is 15.7 Å². The number of hydrogen-bond acceptors (Lipinski definition) is 5. The first kappa shape index (κ1) is 14.6. The average Bonchev–Trinajstić information content (AvgIpc) is 3.09. The molecule has 2 atom stereocenters. The molecule has 0 bridgehead atoms. The van der Waals surface area contributed by atoms with Crippen LogP contribution in [0.5, 0.6) is 0 Å². The van der Waals surface area contributed by atoms with Crippen molar-refractivity contribution in [1.29, 1.82) is 0 Å². The Balaban J connectivity index is 1.66. The van der Waals surface area contributed by atoms with Gasteiger partial charge in [0.25, 0.3) is 0 Å². The zero-order chi connectivity index (χ0) is 15.0. The van der Waals surface area contributed by atoms with Gasteiger partial charge < -0.3 is 9.42 Å². The molecule has 3 rings (SSSR count). The molecule has 0 radical (unpaired) electrons. The van der Waals surface area contributed by atoms with Gasteiger partial charge in [0.15, 0.2) is 15.6 Å². The second-order valence-electron chi connectivity index (χ2n) is 6.09. The van der Waals surface area contributed by atoms with Crippen molar-refractivity contribution in [3.8, 4) is 0 Å². The summed E-state index contributed by atoms with van der Waals surface area (Å²) in [7, 11) is -2.93. The maximum absolute atomic E-state index is 12.5. The van der Waals surface area contributed by atoms with Gasteiger partial charge in [-0.1, -0.05) is 5.16 Å². The summed E-state index contributed by atoms with van der Waals surface area (Å²) in [6, 6.07) is 1.83. The molecule has 21 heavy (non-hydrogen) atoms. The summed E-state index contributed by atoms with van der Waals surface area (Å²) in [5.74, 6) is 1.11. The van der Waals surface area contributed by atoms with E-state index in [1.165, 1.54) is 0 Å². The van der Waals surface area contributed by atoms with Gasteiger partial charge in [-0.25, -0.2) is 8.42 Å². The Morgan fingerprint density at radius 2 is 2.29 bits per heavy atom. The molecule has 2 fully saturated rings. The fraction of sp³-hybridized carbons (Fsp3) is 0.714. The molecule has 0 saturated carbocycles. The SMILES string of the molecule is Cc1cc([C@@H]2CCCN2C(=O)C[C@H]2CCS(=O)(=O)C2)on1. The number of nitrogens with zero attached hydrogens (tertiary/aromatic N) is 2. The van der Waals surface area contributed by atoms with Crippen molar-refractivity contribution in [2.45, 2.75) is 38.6 Å². The smallest absolute Gasteiger partial charge is 0.223 e. The fourth-order valence-electron chi connectivity index (χ4n) is 3.30. The summed E-state index contributed by atoms with van der Waals surface area (Å²) in [4.78, 5) is 14.3. The molecule has 0 aliphatic carbocycles. The number of aryl methyl sites for hydroxylation is 1. The Hall–Kier alpha value is -1.37. The molecule has 0 spiro atoms. The van der Waals surface area contributed by atoms with Crippen LogP contribution in [-0.4, -0.2) is 42.4 Å². The Bertz CT molecular complexity index is 637. The highest BCUT2D eigenvalue weighted by Crippen LogP contribution is 2.34.